The van der Waals surface area contributed by atoms with Gasteiger partial charge in [-0.2, -0.15) is 0 Å². The Balaban J connectivity index is 1.83. The van der Waals surface area contributed by atoms with Gasteiger partial charge in [0.05, 0.1) is 0 Å². The smallest absolute Gasteiger partial charge is 0.226 e. The van der Waals surface area contributed by atoms with Crippen LogP contribution in [-0.2, 0) is 0 Å². The summed E-state index contributed by atoms with van der Waals surface area (Å²) in [5, 5.41) is 11.7. The molecule has 0 spiro atoms. The Morgan fingerprint density at radius 2 is 2.22 bits per heavy atom. The molecule has 3 rings (SSSR count). The number of aromatic nitrogens is 2. The summed E-state index contributed by atoms with van der Waals surface area (Å²) >= 11 is 0. The molecule has 2 aliphatic carbocycles. The first-order chi connectivity index (χ1) is 8.78. The van der Waals surface area contributed by atoms with Crippen LogP contribution in [-0.4, -0.2) is 33.6 Å². The van der Waals surface area contributed by atoms with Gasteiger partial charge >= 0.3 is 0 Å². The lowest BCUT2D eigenvalue weighted by Gasteiger charge is -2.22. The Morgan fingerprint density at radius 3 is 2.83 bits per heavy atom. The van der Waals surface area contributed by atoms with Crippen molar-refractivity contribution < 1.29 is 5.21 Å². The van der Waals surface area contributed by atoms with Crippen molar-refractivity contribution in [1.82, 2.24) is 9.97 Å². The SMILES string of the molecule is N/C(=N/O)c1ccnc(N(CC2CC2)C2CC2)n1. The predicted octanol–water partition coefficient (Wildman–Crippen LogP) is 0.950. The monoisotopic (exact) mass is 247 g/mol. The Bertz CT molecular complexity index is 467. The molecule has 2 saturated carbocycles. The summed E-state index contributed by atoms with van der Waals surface area (Å²) in [6.45, 7) is 1.03. The minimum atomic E-state index is 0.0285. The number of nitrogens with two attached hydrogens (primary N) is 1. The van der Waals surface area contributed by atoms with E-state index in [0.29, 0.717) is 17.7 Å². The van der Waals surface area contributed by atoms with Crippen LogP contribution < -0.4 is 10.6 Å². The molecule has 1 aromatic rings. The van der Waals surface area contributed by atoms with Crippen molar-refractivity contribution in [2.75, 3.05) is 11.4 Å². The molecule has 6 nitrogen and oxygen atoms in total. The minimum absolute atomic E-state index is 0.0285. The number of oxime groups is 1. The number of hydrogen-bond donors (Lipinski definition) is 2. The lowest BCUT2D eigenvalue weighted by atomic mass is 10.3. The van der Waals surface area contributed by atoms with Crippen molar-refractivity contribution in [1.29, 1.82) is 0 Å². The van der Waals surface area contributed by atoms with E-state index in [2.05, 4.69) is 20.0 Å². The summed E-state index contributed by atoms with van der Waals surface area (Å²) in [5.74, 6) is 1.52. The topological polar surface area (TPSA) is 87.6 Å². The molecule has 1 aromatic heterocycles. The zero-order valence-corrected chi connectivity index (χ0v) is 10.2. The lowest BCUT2D eigenvalue weighted by Crippen LogP contribution is -2.30. The number of nitrogens with zero attached hydrogens (tertiary/aromatic N) is 4. The summed E-state index contributed by atoms with van der Waals surface area (Å²) in [5.41, 5.74) is 6.04. The van der Waals surface area contributed by atoms with Crippen molar-refractivity contribution in [2.24, 2.45) is 16.8 Å². The van der Waals surface area contributed by atoms with Crippen LogP contribution in [0.25, 0.3) is 0 Å². The maximum atomic E-state index is 8.68. The van der Waals surface area contributed by atoms with Gasteiger partial charge in [-0.25, -0.2) is 9.97 Å². The fourth-order valence-corrected chi connectivity index (χ4v) is 2.04. The molecule has 0 aromatic carbocycles. The zero-order chi connectivity index (χ0) is 12.5. The van der Waals surface area contributed by atoms with E-state index < -0.39 is 0 Å². The van der Waals surface area contributed by atoms with Crippen LogP contribution in [0.3, 0.4) is 0 Å². The van der Waals surface area contributed by atoms with Gasteiger partial charge in [0, 0.05) is 18.8 Å². The molecule has 3 N–H and O–H groups in total. The quantitative estimate of drug-likeness (QED) is 0.350. The standard InChI is InChI=1S/C12H17N5O/c13-11(16-18)10-5-6-14-12(15-10)17(9-3-4-9)7-8-1-2-8/h5-6,8-9,18H,1-4,7H2,(H2,13,16). The molecule has 0 aliphatic heterocycles. The van der Waals surface area contributed by atoms with Gasteiger partial charge in [-0.15, -0.1) is 0 Å². The van der Waals surface area contributed by atoms with Crippen LogP contribution in [0.5, 0.6) is 0 Å². The van der Waals surface area contributed by atoms with Crippen molar-refractivity contribution in [3.8, 4) is 0 Å². The Kier molecular flexibility index (Phi) is 2.77. The van der Waals surface area contributed by atoms with Gasteiger partial charge in [0.2, 0.25) is 5.95 Å². The van der Waals surface area contributed by atoms with Crippen LogP contribution in [0.2, 0.25) is 0 Å². The first-order valence-electron chi connectivity index (χ1n) is 6.35. The van der Waals surface area contributed by atoms with Gasteiger partial charge in [-0.1, -0.05) is 5.16 Å². The highest BCUT2D eigenvalue weighted by atomic mass is 16.4. The van der Waals surface area contributed by atoms with Crippen molar-refractivity contribution in [2.45, 2.75) is 31.7 Å². The van der Waals surface area contributed by atoms with Gasteiger partial charge < -0.3 is 15.8 Å². The Hall–Kier alpha value is -1.85. The molecule has 0 amide bonds. The van der Waals surface area contributed by atoms with Crippen molar-refractivity contribution in [3.63, 3.8) is 0 Å². The second-order valence-electron chi connectivity index (χ2n) is 5.05. The van der Waals surface area contributed by atoms with E-state index in [0.717, 1.165) is 12.5 Å². The van der Waals surface area contributed by atoms with E-state index in [9.17, 15) is 0 Å². The molecule has 0 saturated heterocycles. The fraction of sp³-hybridized carbons (Fsp3) is 0.583. The highest BCUT2D eigenvalue weighted by Gasteiger charge is 2.35. The Morgan fingerprint density at radius 1 is 1.44 bits per heavy atom. The minimum Gasteiger partial charge on any atom is -0.409 e. The molecule has 1 heterocycles. The molecular weight excluding hydrogens is 230 g/mol. The van der Waals surface area contributed by atoms with Crippen LogP contribution in [0, 0.1) is 5.92 Å². The second kappa shape index (κ2) is 4.44. The molecule has 0 atom stereocenters. The molecule has 2 aliphatic rings. The number of rotatable bonds is 5. The first kappa shape index (κ1) is 11.3. The van der Waals surface area contributed by atoms with Crippen LogP contribution in [0.4, 0.5) is 5.95 Å². The highest BCUT2D eigenvalue weighted by molar-refractivity contribution is 5.95. The third-order valence-electron chi connectivity index (χ3n) is 3.41. The van der Waals surface area contributed by atoms with Crippen LogP contribution in [0.15, 0.2) is 17.4 Å². The van der Waals surface area contributed by atoms with Gasteiger partial charge in [0.15, 0.2) is 5.84 Å². The number of amidine groups is 1. The normalized spacial score (nSPS) is 19.9. The van der Waals surface area contributed by atoms with Gasteiger partial charge in [-0.3, -0.25) is 0 Å². The molecule has 0 bridgehead atoms. The zero-order valence-electron chi connectivity index (χ0n) is 10.2. The van der Waals surface area contributed by atoms with E-state index in [1.165, 1.54) is 25.7 Å². The molecule has 0 unspecified atom stereocenters. The predicted molar refractivity (Wildman–Crippen MR) is 67.6 cm³/mol. The maximum absolute atomic E-state index is 8.68. The average molecular weight is 247 g/mol. The van der Waals surface area contributed by atoms with Gasteiger partial charge in [0.1, 0.15) is 5.69 Å². The fourth-order valence-electron chi connectivity index (χ4n) is 2.04. The molecule has 2 fully saturated rings. The summed E-state index contributed by atoms with van der Waals surface area (Å²) < 4.78 is 0. The highest BCUT2D eigenvalue weighted by Crippen LogP contribution is 2.36. The van der Waals surface area contributed by atoms with Crippen molar-refractivity contribution in [3.05, 3.63) is 18.0 Å². The molecule has 6 heteroatoms. The molecule has 96 valence electrons. The van der Waals surface area contributed by atoms with E-state index >= 15 is 0 Å². The summed E-state index contributed by atoms with van der Waals surface area (Å²) in [4.78, 5) is 11.0. The van der Waals surface area contributed by atoms with Gasteiger partial charge in [0.25, 0.3) is 0 Å². The van der Waals surface area contributed by atoms with Crippen LogP contribution in [0.1, 0.15) is 31.4 Å². The number of hydrogen-bond acceptors (Lipinski definition) is 5. The van der Waals surface area contributed by atoms with E-state index in [1.807, 2.05) is 0 Å². The lowest BCUT2D eigenvalue weighted by molar-refractivity contribution is 0.318. The summed E-state index contributed by atoms with van der Waals surface area (Å²) in [6, 6.07) is 2.23. The third-order valence-corrected chi connectivity index (χ3v) is 3.41. The molecule has 18 heavy (non-hydrogen) atoms. The largest absolute Gasteiger partial charge is 0.409 e. The summed E-state index contributed by atoms with van der Waals surface area (Å²) in [7, 11) is 0. The number of anilines is 1. The van der Waals surface area contributed by atoms with Crippen LogP contribution >= 0.6 is 0 Å². The average Bonchev–Trinajstić information content (AvgIpc) is 3.28. The second-order valence-corrected chi connectivity index (χ2v) is 5.05. The van der Waals surface area contributed by atoms with E-state index in [1.54, 1.807) is 12.3 Å². The Labute approximate surface area is 106 Å². The van der Waals surface area contributed by atoms with E-state index in [4.69, 9.17) is 10.9 Å². The molecule has 0 radical (unpaired) electrons. The first-order valence-corrected chi connectivity index (χ1v) is 6.35. The third kappa shape index (κ3) is 2.37. The summed E-state index contributed by atoms with van der Waals surface area (Å²) in [6.07, 6.45) is 6.71. The van der Waals surface area contributed by atoms with Gasteiger partial charge in [-0.05, 0) is 37.7 Å². The van der Waals surface area contributed by atoms with E-state index in [-0.39, 0.29) is 5.84 Å². The maximum Gasteiger partial charge on any atom is 0.226 e. The van der Waals surface area contributed by atoms with Crippen molar-refractivity contribution >= 4 is 11.8 Å². The molecular formula is C12H17N5O.